The molecule has 0 saturated heterocycles. The van der Waals surface area contributed by atoms with Gasteiger partial charge in [0.15, 0.2) is 0 Å². The van der Waals surface area contributed by atoms with Crippen LogP contribution in [0.5, 0.6) is 0 Å². The van der Waals surface area contributed by atoms with Gasteiger partial charge in [-0.3, -0.25) is 9.47 Å². The minimum atomic E-state index is -7.40. The largest absolute Gasteiger partial charge is 0.463 e. The molecule has 0 aromatic carbocycles. The Bertz CT molecular complexity index is 1020. The molecule has 0 aromatic heterocycles. The summed E-state index contributed by atoms with van der Waals surface area (Å²) in [5.41, 5.74) is -13.9. The smallest absolute Gasteiger partial charge is 0.459 e. The van der Waals surface area contributed by atoms with Crippen LogP contribution < -0.4 is 0 Å². The van der Waals surface area contributed by atoms with Gasteiger partial charge in [0.25, 0.3) is 5.85 Å². The fourth-order valence-electron chi connectivity index (χ4n) is 3.60. The van der Waals surface area contributed by atoms with Crippen molar-refractivity contribution in [1.29, 1.82) is 0 Å². The second kappa shape index (κ2) is 10.7. The number of hydrogen-bond acceptors (Lipinski definition) is 4. The van der Waals surface area contributed by atoms with E-state index in [0.717, 1.165) is 0 Å². The van der Waals surface area contributed by atoms with Gasteiger partial charge in [0, 0.05) is 21.7 Å². The molecule has 0 fully saturated rings. The van der Waals surface area contributed by atoms with Crippen LogP contribution in [0, 0.1) is 21.7 Å². The summed E-state index contributed by atoms with van der Waals surface area (Å²) in [4.78, 5) is 11.0. The third-order valence-electron chi connectivity index (χ3n) is 7.54. The quantitative estimate of drug-likeness (QED) is 0.162. The van der Waals surface area contributed by atoms with Crippen molar-refractivity contribution in [2.24, 2.45) is 21.7 Å². The van der Waals surface area contributed by atoms with E-state index in [1.165, 1.54) is 0 Å². The molecular formula is C24H33F15O4. The molecular weight excluding hydrogens is 637 g/mol. The molecule has 258 valence electrons. The van der Waals surface area contributed by atoms with E-state index in [9.17, 15) is 48.7 Å². The van der Waals surface area contributed by atoms with Crippen LogP contribution in [0.1, 0.15) is 69.2 Å². The van der Waals surface area contributed by atoms with Gasteiger partial charge >= 0.3 is 48.0 Å². The summed E-state index contributed by atoms with van der Waals surface area (Å²) in [6.45, 7) is 2.42. The summed E-state index contributed by atoms with van der Waals surface area (Å²) < 4.78 is 230. The molecule has 0 spiro atoms. The Morgan fingerprint density at radius 2 is 0.814 bits per heavy atom. The van der Waals surface area contributed by atoms with E-state index in [0.29, 0.717) is 20.8 Å². The molecule has 0 amide bonds. The monoisotopic (exact) mass is 670 g/mol. The van der Waals surface area contributed by atoms with Crippen molar-refractivity contribution in [3.05, 3.63) is 0 Å². The molecule has 43 heavy (non-hydrogen) atoms. The lowest BCUT2D eigenvalue weighted by Crippen LogP contribution is -2.73. The summed E-state index contributed by atoms with van der Waals surface area (Å²) in [6.07, 6.45) is -20.9. The maximum absolute atomic E-state index is 16.3. The molecule has 2 unspecified atom stereocenters. The predicted octanol–water partition coefficient (Wildman–Crippen LogP) is 9.32. The van der Waals surface area contributed by atoms with Crippen molar-refractivity contribution >= 4 is 5.97 Å². The summed E-state index contributed by atoms with van der Waals surface area (Å²) >= 11 is 0. The third kappa shape index (κ3) is 6.01. The van der Waals surface area contributed by atoms with Crippen molar-refractivity contribution in [3.8, 4) is 0 Å². The third-order valence-corrected chi connectivity index (χ3v) is 7.54. The fraction of sp³-hybridized carbons (Fsp3) is 0.958. The van der Waals surface area contributed by atoms with E-state index in [4.69, 9.17) is 0 Å². The van der Waals surface area contributed by atoms with Gasteiger partial charge in [0.05, 0.1) is 7.11 Å². The van der Waals surface area contributed by atoms with Crippen molar-refractivity contribution in [2.75, 3.05) is 7.11 Å². The highest BCUT2D eigenvalue weighted by atomic mass is 19.4. The van der Waals surface area contributed by atoms with Gasteiger partial charge in [-0.15, -0.1) is 0 Å². The first kappa shape index (κ1) is 41.3. The highest BCUT2D eigenvalue weighted by molar-refractivity contribution is 5.75. The number of esters is 1. The maximum atomic E-state index is 16.3. The molecule has 0 aliphatic heterocycles. The summed E-state index contributed by atoms with van der Waals surface area (Å²) in [7, 11) is 0.0668. The number of ether oxygens (including phenoxy) is 3. The van der Waals surface area contributed by atoms with Crippen LogP contribution in [-0.2, 0) is 19.0 Å². The molecule has 4 nitrogen and oxygen atoms in total. The lowest BCUT2D eigenvalue weighted by atomic mass is 9.55. The summed E-state index contributed by atoms with van der Waals surface area (Å²) in [5, 5.41) is 0. The molecule has 19 heteroatoms. The van der Waals surface area contributed by atoms with Gasteiger partial charge in [-0.05, 0) is 0 Å². The van der Waals surface area contributed by atoms with Gasteiger partial charge < -0.3 is 4.74 Å². The Balaban J connectivity index is 7.57. The van der Waals surface area contributed by atoms with E-state index < -0.39 is 75.5 Å². The zero-order valence-corrected chi connectivity index (χ0v) is 24.8. The number of carbonyl (C=O) groups is 1. The zero-order valence-electron chi connectivity index (χ0n) is 24.8. The number of methoxy groups -OCH3 is 1. The molecule has 0 saturated carbocycles. The van der Waals surface area contributed by atoms with Gasteiger partial charge in [0.1, 0.15) is 0 Å². The van der Waals surface area contributed by atoms with Crippen LogP contribution in [0.2, 0.25) is 0 Å². The molecule has 0 bridgehead atoms. The Kier molecular flexibility index (Phi) is 10.3. The van der Waals surface area contributed by atoms with Gasteiger partial charge in [0.2, 0.25) is 0 Å². The number of carbonyl (C=O) groups excluding carboxylic acids is 1. The average Bonchev–Trinajstić information content (AvgIpc) is 2.74. The van der Waals surface area contributed by atoms with Gasteiger partial charge in [-0.25, -0.2) is 9.18 Å². The van der Waals surface area contributed by atoms with E-state index in [1.807, 2.05) is 0 Å². The van der Waals surface area contributed by atoms with Crippen molar-refractivity contribution < 1.29 is 84.9 Å². The molecule has 0 heterocycles. The zero-order chi connectivity index (χ0) is 35.7. The van der Waals surface area contributed by atoms with E-state index in [-0.39, 0.29) is 55.6 Å². The van der Waals surface area contributed by atoms with E-state index >= 15 is 22.0 Å². The highest BCUT2D eigenvalue weighted by Crippen LogP contribution is 2.68. The van der Waals surface area contributed by atoms with E-state index in [2.05, 4.69) is 14.2 Å². The lowest BCUT2D eigenvalue weighted by molar-refractivity contribution is -0.533. The van der Waals surface area contributed by atoms with Gasteiger partial charge in [-0.2, -0.15) is 61.5 Å². The number of alkyl halides is 15. The van der Waals surface area contributed by atoms with Crippen molar-refractivity contribution in [2.45, 2.75) is 117 Å². The number of rotatable bonds is 11. The van der Waals surface area contributed by atoms with Crippen LogP contribution in [0.3, 0.4) is 0 Å². The Morgan fingerprint density at radius 3 is 1.09 bits per heavy atom. The first-order valence-electron chi connectivity index (χ1n) is 12.0. The summed E-state index contributed by atoms with van der Waals surface area (Å²) in [6, 6.07) is 0. The van der Waals surface area contributed by atoms with Crippen molar-refractivity contribution in [1.82, 2.24) is 0 Å². The molecule has 0 radical (unpaired) electrons. The molecule has 0 aliphatic carbocycles. The second-order valence-electron chi connectivity index (χ2n) is 12.9. The van der Waals surface area contributed by atoms with Crippen LogP contribution in [-0.4, -0.2) is 60.9 Å². The minimum Gasteiger partial charge on any atom is -0.463 e. The Labute approximate surface area is 237 Å². The number of halogens is 15. The standard InChI is InChI=1S/C24H33F15O4/c1-13(2,3)18(27,28)19(29,30)15(7,8)16(9,10)20(31,32)21(33,14(4,5)6)43-24(38,39)22(34,23(35,36)37)42-17(25,26)12(40)41-11/h1-11H3. The summed E-state index contributed by atoms with van der Waals surface area (Å²) in [5.74, 6) is -33.0. The Hall–Kier alpha value is -1.66. The molecule has 0 rings (SSSR count). The Morgan fingerprint density at radius 1 is 0.465 bits per heavy atom. The van der Waals surface area contributed by atoms with Gasteiger partial charge in [-0.1, -0.05) is 69.2 Å². The lowest BCUT2D eigenvalue weighted by Gasteiger charge is -2.57. The average molecular weight is 670 g/mol. The predicted molar refractivity (Wildman–Crippen MR) is 119 cm³/mol. The number of hydrogen-bond donors (Lipinski definition) is 0. The first-order chi connectivity index (χ1) is 18.1. The molecule has 0 aromatic rings. The SMILES string of the molecule is COC(=O)C(F)(F)OC(F)(C(F)(F)F)C(F)(F)OC(F)(C(C)(C)C)C(F)(F)C(C)(C)C(C)(C)C(F)(F)C(F)(F)C(C)(C)C. The minimum absolute atomic E-state index is 0.0322. The first-order valence-corrected chi connectivity index (χ1v) is 12.0. The second-order valence-corrected chi connectivity index (χ2v) is 12.9. The topological polar surface area (TPSA) is 44.8 Å². The fourth-order valence-corrected chi connectivity index (χ4v) is 3.60. The molecule has 2 atom stereocenters. The van der Waals surface area contributed by atoms with Crippen LogP contribution >= 0.6 is 0 Å². The normalized spacial score (nSPS) is 18.7. The van der Waals surface area contributed by atoms with Crippen molar-refractivity contribution in [3.63, 3.8) is 0 Å². The van der Waals surface area contributed by atoms with E-state index in [1.54, 1.807) is 0 Å². The maximum Gasteiger partial charge on any atom is 0.459 e. The van der Waals surface area contributed by atoms with Crippen LogP contribution in [0.15, 0.2) is 0 Å². The highest BCUT2D eigenvalue weighted by Gasteiger charge is 2.85. The van der Waals surface area contributed by atoms with Crippen LogP contribution in [0.4, 0.5) is 65.9 Å². The molecule has 0 aliphatic rings. The van der Waals surface area contributed by atoms with Crippen LogP contribution in [0.25, 0.3) is 0 Å². The molecule has 0 N–H and O–H groups in total.